The molecule has 0 unspecified atom stereocenters. The summed E-state index contributed by atoms with van der Waals surface area (Å²) >= 11 is 0. The number of nitrogens with zero attached hydrogens (tertiary/aromatic N) is 2. The van der Waals surface area contributed by atoms with Gasteiger partial charge in [0.1, 0.15) is 5.82 Å². The minimum atomic E-state index is 0.111. The average Bonchev–Trinajstić information content (AvgIpc) is 2.87. The molecular weight excluding hydrogens is 214 g/mol. The zero-order valence-electron chi connectivity index (χ0n) is 10.7. The van der Waals surface area contributed by atoms with Crippen molar-refractivity contribution in [1.82, 2.24) is 9.78 Å². The number of carbonyl (C=O) groups excluding carboxylic acids is 1. The van der Waals surface area contributed by atoms with Gasteiger partial charge in [-0.1, -0.05) is 25.7 Å². The van der Waals surface area contributed by atoms with Crippen molar-refractivity contribution in [3.8, 4) is 0 Å². The van der Waals surface area contributed by atoms with E-state index in [2.05, 4.69) is 10.4 Å². The Morgan fingerprint density at radius 3 is 2.82 bits per heavy atom. The molecule has 1 aromatic rings. The van der Waals surface area contributed by atoms with Gasteiger partial charge in [0.15, 0.2) is 0 Å². The van der Waals surface area contributed by atoms with Crippen LogP contribution in [-0.2, 0) is 11.8 Å². The van der Waals surface area contributed by atoms with E-state index in [9.17, 15) is 4.79 Å². The lowest BCUT2D eigenvalue weighted by Crippen LogP contribution is -2.15. The molecule has 0 aliphatic heterocycles. The standard InChI is InChI=1S/C13H21N3O/c1-10-9-12(16(2)15-10)14-13(17)8-7-11-5-3-4-6-11/h9,11H,3-8H2,1-2H3,(H,14,17). The van der Waals surface area contributed by atoms with Crippen molar-refractivity contribution in [3.63, 3.8) is 0 Å². The van der Waals surface area contributed by atoms with Crippen LogP contribution in [-0.4, -0.2) is 15.7 Å². The summed E-state index contributed by atoms with van der Waals surface area (Å²) in [5.74, 6) is 1.67. The Bertz CT molecular complexity index is 391. The third-order valence-electron chi connectivity index (χ3n) is 3.52. The minimum Gasteiger partial charge on any atom is -0.311 e. The second-order valence-corrected chi connectivity index (χ2v) is 5.03. The summed E-state index contributed by atoms with van der Waals surface area (Å²) in [6.07, 6.45) is 6.95. The van der Waals surface area contributed by atoms with Crippen molar-refractivity contribution >= 4 is 11.7 Å². The van der Waals surface area contributed by atoms with Crippen LogP contribution < -0.4 is 5.32 Å². The highest BCUT2D eigenvalue weighted by atomic mass is 16.1. The summed E-state index contributed by atoms with van der Waals surface area (Å²) in [6.45, 7) is 1.92. The van der Waals surface area contributed by atoms with E-state index < -0.39 is 0 Å². The Morgan fingerprint density at radius 1 is 1.53 bits per heavy atom. The van der Waals surface area contributed by atoms with Crippen LogP contribution in [0.1, 0.15) is 44.2 Å². The molecule has 4 heteroatoms. The molecule has 0 bridgehead atoms. The summed E-state index contributed by atoms with van der Waals surface area (Å²) in [5.41, 5.74) is 0.929. The van der Waals surface area contributed by atoms with Gasteiger partial charge in [-0.3, -0.25) is 9.48 Å². The van der Waals surface area contributed by atoms with E-state index in [4.69, 9.17) is 0 Å². The molecule has 0 atom stereocenters. The van der Waals surface area contributed by atoms with Gasteiger partial charge < -0.3 is 5.32 Å². The van der Waals surface area contributed by atoms with Crippen LogP contribution in [0.3, 0.4) is 0 Å². The van der Waals surface area contributed by atoms with Crippen LogP contribution in [0.5, 0.6) is 0 Å². The normalized spacial score (nSPS) is 16.4. The SMILES string of the molecule is Cc1cc(NC(=O)CCC2CCCC2)n(C)n1. The second-order valence-electron chi connectivity index (χ2n) is 5.03. The quantitative estimate of drug-likeness (QED) is 0.872. The third kappa shape index (κ3) is 3.32. The fourth-order valence-corrected chi connectivity index (χ4v) is 2.57. The van der Waals surface area contributed by atoms with Crippen molar-refractivity contribution in [3.05, 3.63) is 11.8 Å². The number of hydrogen-bond donors (Lipinski definition) is 1. The molecule has 4 nitrogen and oxygen atoms in total. The molecule has 1 aliphatic rings. The Labute approximate surface area is 102 Å². The average molecular weight is 235 g/mol. The number of nitrogens with one attached hydrogen (secondary N) is 1. The Morgan fingerprint density at radius 2 is 2.24 bits per heavy atom. The lowest BCUT2D eigenvalue weighted by Gasteiger charge is -2.08. The molecule has 0 aromatic carbocycles. The molecule has 1 aliphatic carbocycles. The Hall–Kier alpha value is -1.32. The number of amides is 1. The highest BCUT2D eigenvalue weighted by molar-refractivity contribution is 5.89. The topological polar surface area (TPSA) is 46.9 Å². The lowest BCUT2D eigenvalue weighted by molar-refractivity contribution is -0.116. The molecule has 1 amide bonds. The molecule has 0 spiro atoms. The number of rotatable bonds is 4. The van der Waals surface area contributed by atoms with Gasteiger partial charge in [-0.2, -0.15) is 5.10 Å². The monoisotopic (exact) mass is 235 g/mol. The van der Waals surface area contributed by atoms with Crippen LogP contribution in [0.2, 0.25) is 0 Å². The molecule has 0 saturated heterocycles. The molecule has 2 rings (SSSR count). The van der Waals surface area contributed by atoms with Gasteiger partial charge in [-0.15, -0.1) is 0 Å². The summed E-state index contributed by atoms with van der Waals surface area (Å²) in [5, 5.41) is 7.12. The summed E-state index contributed by atoms with van der Waals surface area (Å²) in [7, 11) is 1.85. The first-order valence-corrected chi connectivity index (χ1v) is 6.45. The zero-order chi connectivity index (χ0) is 12.3. The number of aryl methyl sites for hydroxylation is 2. The number of hydrogen-bond acceptors (Lipinski definition) is 2. The maximum atomic E-state index is 11.8. The van der Waals surface area contributed by atoms with Crippen LogP contribution in [0.25, 0.3) is 0 Å². The predicted octanol–water partition coefficient (Wildman–Crippen LogP) is 2.64. The van der Waals surface area contributed by atoms with Gasteiger partial charge in [0.05, 0.1) is 5.69 Å². The lowest BCUT2D eigenvalue weighted by atomic mass is 10.0. The molecule has 1 heterocycles. The van der Waals surface area contributed by atoms with Gasteiger partial charge in [0.25, 0.3) is 0 Å². The summed E-state index contributed by atoms with van der Waals surface area (Å²) < 4.78 is 1.71. The maximum Gasteiger partial charge on any atom is 0.225 e. The second kappa shape index (κ2) is 5.34. The van der Waals surface area contributed by atoms with Gasteiger partial charge in [-0.05, 0) is 19.3 Å². The number of carbonyl (C=O) groups is 1. The molecule has 17 heavy (non-hydrogen) atoms. The highest BCUT2D eigenvalue weighted by Gasteiger charge is 2.16. The third-order valence-corrected chi connectivity index (χ3v) is 3.52. The van der Waals surface area contributed by atoms with E-state index in [0.29, 0.717) is 6.42 Å². The molecule has 1 aromatic heterocycles. The van der Waals surface area contributed by atoms with Crippen LogP contribution in [0.15, 0.2) is 6.07 Å². The maximum absolute atomic E-state index is 11.8. The van der Waals surface area contributed by atoms with E-state index in [1.54, 1.807) is 4.68 Å². The number of aromatic nitrogens is 2. The van der Waals surface area contributed by atoms with Gasteiger partial charge >= 0.3 is 0 Å². The fourth-order valence-electron chi connectivity index (χ4n) is 2.57. The first kappa shape index (κ1) is 12.1. The summed E-state index contributed by atoms with van der Waals surface area (Å²) in [6, 6.07) is 1.90. The molecule has 1 N–H and O–H groups in total. The highest BCUT2D eigenvalue weighted by Crippen LogP contribution is 2.28. The van der Waals surface area contributed by atoms with Crippen molar-refractivity contribution in [1.29, 1.82) is 0 Å². The van der Waals surface area contributed by atoms with Crippen LogP contribution in [0, 0.1) is 12.8 Å². The van der Waals surface area contributed by atoms with Crippen molar-refractivity contribution in [2.24, 2.45) is 13.0 Å². The van der Waals surface area contributed by atoms with Gasteiger partial charge in [0, 0.05) is 19.5 Å². The molecule has 0 radical (unpaired) electrons. The smallest absolute Gasteiger partial charge is 0.225 e. The van der Waals surface area contributed by atoms with E-state index in [1.165, 1.54) is 25.7 Å². The largest absolute Gasteiger partial charge is 0.311 e. The predicted molar refractivity (Wildman–Crippen MR) is 67.8 cm³/mol. The first-order chi connectivity index (χ1) is 8.15. The number of anilines is 1. The Balaban J connectivity index is 1.78. The van der Waals surface area contributed by atoms with E-state index in [0.717, 1.165) is 23.9 Å². The first-order valence-electron chi connectivity index (χ1n) is 6.45. The van der Waals surface area contributed by atoms with Gasteiger partial charge in [0.2, 0.25) is 5.91 Å². The molecular formula is C13H21N3O. The van der Waals surface area contributed by atoms with Gasteiger partial charge in [-0.25, -0.2) is 0 Å². The molecule has 1 fully saturated rings. The molecule has 94 valence electrons. The van der Waals surface area contributed by atoms with E-state index >= 15 is 0 Å². The van der Waals surface area contributed by atoms with Crippen molar-refractivity contribution < 1.29 is 4.79 Å². The van der Waals surface area contributed by atoms with Crippen molar-refractivity contribution in [2.75, 3.05) is 5.32 Å². The molecule has 1 saturated carbocycles. The fraction of sp³-hybridized carbons (Fsp3) is 0.692. The van der Waals surface area contributed by atoms with Crippen molar-refractivity contribution in [2.45, 2.75) is 45.4 Å². The Kier molecular flexibility index (Phi) is 3.82. The van der Waals surface area contributed by atoms with E-state index in [1.807, 2.05) is 20.0 Å². The van der Waals surface area contributed by atoms with E-state index in [-0.39, 0.29) is 5.91 Å². The zero-order valence-corrected chi connectivity index (χ0v) is 10.7. The summed E-state index contributed by atoms with van der Waals surface area (Å²) in [4.78, 5) is 11.8. The van der Waals surface area contributed by atoms with Crippen LogP contribution in [0.4, 0.5) is 5.82 Å². The minimum absolute atomic E-state index is 0.111. The van der Waals surface area contributed by atoms with Crippen LogP contribution >= 0.6 is 0 Å².